The molecule has 0 aliphatic rings. The molecule has 0 spiro atoms. The van der Waals surface area contributed by atoms with Crippen LogP contribution in [0.2, 0.25) is 0 Å². The molecule has 0 radical (unpaired) electrons. The molecule has 2 N–H and O–H groups in total. The first kappa shape index (κ1) is 22.0. The largest absolute Gasteiger partial charge is 0.351 e. The maximum Gasteiger partial charge on any atom is 0.243 e. The number of carbonyl (C=O) groups is 1. The molecule has 0 aliphatic carbocycles. The SMILES string of the molecule is O=C(NCc1ccc(F)cc1)[C@@H](Cc1ccccc1)NS(=O)(=O)c1cccc2nsnc12. The highest BCUT2D eigenvalue weighted by Gasteiger charge is 2.28. The predicted molar refractivity (Wildman–Crippen MR) is 120 cm³/mol. The molecule has 1 aromatic heterocycles. The van der Waals surface area contributed by atoms with Crippen molar-refractivity contribution >= 4 is 38.7 Å². The molecule has 1 heterocycles. The number of hydrogen-bond donors (Lipinski definition) is 2. The second-order valence-electron chi connectivity index (χ2n) is 7.10. The van der Waals surface area contributed by atoms with Crippen LogP contribution in [0.3, 0.4) is 0 Å². The average molecular weight is 471 g/mol. The topological polar surface area (TPSA) is 101 Å². The van der Waals surface area contributed by atoms with Crippen molar-refractivity contribution in [2.75, 3.05) is 0 Å². The van der Waals surface area contributed by atoms with E-state index in [4.69, 9.17) is 0 Å². The van der Waals surface area contributed by atoms with Crippen molar-refractivity contribution in [3.8, 4) is 0 Å². The molecule has 0 saturated heterocycles. The molecule has 164 valence electrons. The third-order valence-corrected chi connectivity index (χ3v) is 6.86. The summed E-state index contributed by atoms with van der Waals surface area (Å²) in [7, 11) is -4.07. The van der Waals surface area contributed by atoms with E-state index < -0.39 is 22.0 Å². The summed E-state index contributed by atoms with van der Waals surface area (Å²) in [6, 6.07) is 18.5. The Hall–Kier alpha value is -3.21. The van der Waals surface area contributed by atoms with E-state index in [-0.39, 0.29) is 29.2 Å². The fraction of sp³-hybridized carbons (Fsp3) is 0.136. The summed E-state index contributed by atoms with van der Waals surface area (Å²) in [6.45, 7) is 0.137. The molecule has 0 bridgehead atoms. The fourth-order valence-electron chi connectivity index (χ4n) is 3.20. The van der Waals surface area contributed by atoms with E-state index in [9.17, 15) is 17.6 Å². The third-order valence-electron chi connectivity index (χ3n) is 4.82. The summed E-state index contributed by atoms with van der Waals surface area (Å²) in [5.41, 5.74) is 2.22. The summed E-state index contributed by atoms with van der Waals surface area (Å²) in [4.78, 5) is 12.9. The summed E-state index contributed by atoms with van der Waals surface area (Å²) in [5.74, 6) is -0.870. The minimum absolute atomic E-state index is 0.0341. The molecule has 0 aliphatic heterocycles. The van der Waals surface area contributed by atoms with Crippen molar-refractivity contribution < 1.29 is 17.6 Å². The molecule has 32 heavy (non-hydrogen) atoms. The minimum atomic E-state index is -4.07. The number of nitrogens with one attached hydrogen (secondary N) is 2. The summed E-state index contributed by atoms with van der Waals surface area (Å²) in [6.07, 6.45) is 0.153. The van der Waals surface area contributed by atoms with E-state index in [0.29, 0.717) is 11.1 Å². The number of amides is 1. The quantitative estimate of drug-likeness (QED) is 0.412. The van der Waals surface area contributed by atoms with Gasteiger partial charge < -0.3 is 5.32 Å². The maximum atomic E-state index is 13.2. The first-order valence-corrected chi connectivity index (χ1v) is 11.9. The molecule has 1 atom stereocenters. The first-order valence-electron chi connectivity index (χ1n) is 9.72. The van der Waals surface area contributed by atoms with Crippen LogP contribution in [-0.4, -0.2) is 29.1 Å². The molecule has 4 rings (SSSR count). The zero-order valence-electron chi connectivity index (χ0n) is 16.7. The van der Waals surface area contributed by atoms with Gasteiger partial charge in [-0.25, -0.2) is 12.8 Å². The van der Waals surface area contributed by atoms with E-state index in [1.54, 1.807) is 24.3 Å². The Labute approximate surface area is 188 Å². The van der Waals surface area contributed by atoms with E-state index in [1.165, 1.54) is 18.2 Å². The summed E-state index contributed by atoms with van der Waals surface area (Å²) < 4.78 is 50.1. The maximum absolute atomic E-state index is 13.2. The number of sulfonamides is 1. The van der Waals surface area contributed by atoms with Gasteiger partial charge in [-0.05, 0) is 41.8 Å². The van der Waals surface area contributed by atoms with Gasteiger partial charge in [0.2, 0.25) is 15.9 Å². The zero-order chi connectivity index (χ0) is 22.6. The Balaban J connectivity index is 1.57. The van der Waals surface area contributed by atoms with Gasteiger partial charge in [0.1, 0.15) is 27.8 Å². The van der Waals surface area contributed by atoms with Gasteiger partial charge in [-0.15, -0.1) is 0 Å². The summed E-state index contributed by atoms with van der Waals surface area (Å²) >= 11 is 0.919. The molecule has 0 fully saturated rings. The lowest BCUT2D eigenvalue weighted by molar-refractivity contribution is -0.122. The molecule has 10 heteroatoms. The van der Waals surface area contributed by atoms with Crippen molar-refractivity contribution in [3.05, 3.63) is 89.7 Å². The average Bonchev–Trinajstić information content (AvgIpc) is 3.27. The van der Waals surface area contributed by atoms with E-state index in [2.05, 4.69) is 18.8 Å². The van der Waals surface area contributed by atoms with E-state index in [1.807, 2.05) is 30.3 Å². The van der Waals surface area contributed by atoms with Gasteiger partial charge in [0, 0.05) is 6.54 Å². The highest BCUT2D eigenvalue weighted by molar-refractivity contribution is 7.89. The third kappa shape index (κ3) is 5.16. The van der Waals surface area contributed by atoms with Gasteiger partial charge in [0.05, 0.1) is 11.7 Å². The van der Waals surface area contributed by atoms with Gasteiger partial charge in [-0.2, -0.15) is 13.5 Å². The number of rotatable bonds is 8. The minimum Gasteiger partial charge on any atom is -0.351 e. The molecule has 4 aromatic rings. The van der Waals surface area contributed by atoms with Crippen LogP contribution in [0.25, 0.3) is 11.0 Å². The lowest BCUT2D eigenvalue weighted by Gasteiger charge is -2.19. The Bertz CT molecular complexity index is 1330. The number of benzene rings is 3. The van der Waals surface area contributed by atoms with Crippen LogP contribution < -0.4 is 10.0 Å². The van der Waals surface area contributed by atoms with Gasteiger partial charge >= 0.3 is 0 Å². The van der Waals surface area contributed by atoms with Crippen LogP contribution in [0.15, 0.2) is 77.7 Å². The Kier molecular flexibility index (Phi) is 6.54. The standard InChI is InChI=1S/C22H19FN4O3S2/c23-17-11-9-16(10-12-17)14-24-22(28)19(13-15-5-2-1-3-6-15)27-32(29,30)20-8-4-7-18-21(20)26-31-25-18/h1-12,19,27H,13-14H2,(H,24,28)/t19-/m1/s1. The zero-order valence-corrected chi connectivity index (χ0v) is 18.4. The van der Waals surface area contributed by atoms with Crippen LogP contribution in [0.5, 0.6) is 0 Å². The number of hydrogen-bond acceptors (Lipinski definition) is 6. The number of nitrogens with zero attached hydrogens (tertiary/aromatic N) is 2. The lowest BCUT2D eigenvalue weighted by Crippen LogP contribution is -2.47. The number of halogens is 1. The fourth-order valence-corrected chi connectivity index (χ4v) is 5.16. The Morgan fingerprint density at radius 3 is 2.44 bits per heavy atom. The molecule has 3 aromatic carbocycles. The van der Waals surface area contributed by atoms with Crippen molar-refractivity contribution in [2.45, 2.75) is 23.9 Å². The van der Waals surface area contributed by atoms with Crippen molar-refractivity contribution in [1.29, 1.82) is 0 Å². The second kappa shape index (κ2) is 9.51. The molecule has 0 unspecified atom stereocenters. The van der Waals surface area contributed by atoms with Gasteiger partial charge in [-0.1, -0.05) is 48.5 Å². The highest BCUT2D eigenvalue weighted by Crippen LogP contribution is 2.21. The molecular weight excluding hydrogens is 451 g/mol. The molecule has 1 amide bonds. The lowest BCUT2D eigenvalue weighted by atomic mass is 10.1. The second-order valence-corrected chi connectivity index (χ2v) is 9.31. The van der Waals surface area contributed by atoms with Gasteiger partial charge in [-0.3, -0.25) is 4.79 Å². The summed E-state index contributed by atoms with van der Waals surface area (Å²) in [5, 5.41) is 2.73. The van der Waals surface area contributed by atoms with Crippen molar-refractivity contribution in [1.82, 2.24) is 18.8 Å². The van der Waals surface area contributed by atoms with Crippen LogP contribution in [0, 0.1) is 5.82 Å². The Morgan fingerprint density at radius 1 is 0.938 bits per heavy atom. The number of fused-ring (bicyclic) bond motifs is 1. The monoisotopic (exact) mass is 470 g/mol. The molecular formula is C22H19FN4O3S2. The number of aromatic nitrogens is 2. The van der Waals surface area contributed by atoms with Gasteiger partial charge in [0.25, 0.3) is 0 Å². The van der Waals surface area contributed by atoms with Crippen LogP contribution in [-0.2, 0) is 27.8 Å². The van der Waals surface area contributed by atoms with Crippen molar-refractivity contribution in [2.24, 2.45) is 0 Å². The van der Waals surface area contributed by atoms with Crippen LogP contribution in [0.4, 0.5) is 4.39 Å². The highest BCUT2D eigenvalue weighted by atomic mass is 32.2. The van der Waals surface area contributed by atoms with Gasteiger partial charge in [0.15, 0.2) is 0 Å². The smallest absolute Gasteiger partial charge is 0.243 e. The molecule has 7 nitrogen and oxygen atoms in total. The number of carbonyl (C=O) groups excluding carboxylic acids is 1. The van der Waals surface area contributed by atoms with Crippen LogP contribution >= 0.6 is 11.7 Å². The first-order chi connectivity index (χ1) is 15.4. The normalized spacial score (nSPS) is 12.5. The van der Waals surface area contributed by atoms with Crippen LogP contribution in [0.1, 0.15) is 11.1 Å². The molecule has 0 saturated carbocycles. The van der Waals surface area contributed by atoms with E-state index in [0.717, 1.165) is 17.3 Å². The predicted octanol–water partition coefficient (Wildman–Crippen LogP) is 3.04. The van der Waals surface area contributed by atoms with E-state index >= 15 is 0 Å². The van der Waals surface area contributed by atoms with Crippen molar-refractivity contribution in [3.63, 3.8) is 0 Å². The Morgan fingerprint density at radius 2 is 1.69 bits per heavy atom.